The highest BCUT2D eigenvalue weighted by atomic mass is 16.5. The molecule has 1 fully saturated rings. The van der Waals surface area contributed by atoms with Crippen LogP contribution in [0.1, 0.15) is 47.2 Å². The summed E-state index contributed by atoms with van der Waals surface area (Å²) in [5.74, 6) is 0.706. The van der Waals surface area contributed by atoms with Crippen LogP contribution in [0.25, 0.3) is 0 Å². The summed E-state index contributed by atoms with van der Waals surface area (Å²) in [5, 5.41) is 18.1. The van der Waals surface area contributed by atoms with E-state index in [0.717, 1.165) is 25.7 Å². The molecule has 4 rings (SSSR count). The smallest absolute Gasteiger partial charge is 0.251 e. The van der Waals surface area contributed by atoms with Crippen molar-refractivity contribution >= 4 is 17.6 Å². The van der Waals surface area contributed by atoms with Gasteiger partial charge in [-0.1, -0.05) is 0 Å². The molecule has 2 heterocycles. The SMILES string of the molecule is N=C(N)c1ccc(Oc2cc(Oc3ccc(C(=N)N)cn3)cc(C(=O)NC3CCC(N)CC3)c2)nc1. The molecule has 1 saturated carbocycles. The largest absolute Gasteiger partial charge is 0.439 e. The number of carbonyl (C=O) groups is 1. The number of hydrogen-bond acceptors (Lipinski definition) is 8. The van der Waals surface area contributed by atoms with Crippen molar-refractivity contribution in [3.63, 3.8) is 0 Å². The van der Waals surface area contributed by atoms with Gasteiger partial charge < -0.3 is 32.0 Å². The number of amides is 1. The second kappa shape index (κ2) is 10.8. The van der Waals surface area contributed by atoms with Gasteiger partial charge in [0.25, 0.3) is 5.91 Å². The first kappa shape index (κ1) is 24.6. The third-order valence-corrected chi connectivity index (χ3v) is 5.79. The highest BCUT2D eigenvalue weighted by Gasteiger charge is 2.21. The molecule has 11 nitrogen and oxygen atoms in total. The molecule has 36 heavy (non-hydrogen) atoms. The van der Waals surface area contributed by atoms with E-state index in [0.29, 0.717) is 28.2 Å². The summed E-state index contributed by atoms with van der Waals surface area (Å²) in [6.45, 7) is 0. The summed E-state index contributed by atoms with van der Waals surface area (Å²) < 4.78 is 11.7. The molecule has 1 aliphatic rings. The summed E-state index contributed by atoms with van der Waals surface area (Å²) in [7, 11) is 0. The van der Waals surface area contributed by atoms with E-state index in [-0.39, 0.29) is 41.4 Å². The molecule has 11 heteroatoms. The second-order valence-electron chi connectivity index (χ2n) is 8.58. The number of rotatable bonds is 8. The molecular weight excluding hydrogens is 460 g/mol. The van der Waals surface area contributed by atoms with Crippen LogP contribution in [0.3, 0.4) is 0 Å². The molecule has 0 atom stereocenters. The maximum atomic E-state index is 13.1. The Morgan fingerprint density at radius 3 is 1.72 bits per heavy atom. The van der Waals surface area contributed by atoms with E-state index in [1.807, 2.05) is 0 Å². The number of amidine groups is 2. The molecule has 0 bridgehead atoms. The van der Waals surface area contributed by atoms with Crippen LogP contribution in [0.4, 0.5) is 0 Å². The lowest BCUT2D eigenvalue weighted by atomic mass is 9.91. The van der Waals surface area contributed by atoms with Crippen LogP contribution in [0.15, 0.2) is 54.9 Å². The van der Waals surface area contributed by atoms with Crippen LogP contribution < -0.4 is 32.0 Å². The fourth-order valence-corrected chi connectivity index (χ4v) is 3.79. The summed E-state index contributed by atoms with van der Waals surface area (Å²) in [4.78, 5) is 21.4. The minimum atomic E-state index is -0.259. The van der Waals surface area contributed by atoms with E-state index in [4.69, 9.17) is 37.5 Å². The van der Waals surface area contributed by atoms with Gasteiger partial charge in [-0.2, -0.15) is 0 Å². The zero-order valence-corrected chi connectivity index (χ0v) is 19.5. The fourth-order valence-electron chi connectivity index (χ4n) is 3.79. The third-order valence-electron chi connectivity index (χ3n) is 5.79. The molecule has 0 unspecified atom stereocenters. The normalized spacial score (nSPS) is 17.1. The van der Waals surface area contributed by atoms with Crippen LogP contribution in [0, 0.1) is 10.8 Å². The van der Waals surface area contributed by atoms with Gasteiger partial charge in [-0.15, -0.1) is 0 Å². The molecule has 0 radical (unpaired) electrons. The van der Waals surface area contributed by atoms with Crippen molar-refractivity contribution in [3.05, 3.63) is 71.5 Å². The van der Waals surface area contributed by atoms with Crippen molar-refractivity contribution in [2.75, 3.05) is 0 Å². The zero-order valence-electron chi connectivity index (χ0n) is 19.5. The lowest BCUT2D eigenvalue weighted by molar-refractivity contribution is 0.0925. The molecule has 2 aromatic heterocycles. The Morgan fingerprint density at radius 2 is 1.31 bits per heavy atom. The number of nitrogens with zero attached hydrogens (tertiary/aromatic N) is 2. The Labute approximate surface area is 208 Å². The average molecular weight is 489 g/mol. The Bertz CT molecular complexity index is 1180. The molecule has 1 aromatic carbocycles. The molecule has 1 amide bonds. The second-order valence-corrected chi connectivity index (χ2v) is 8.58. The Kier molecular flexibility index (Phi) is 7.40. The standard InChI is InChI=1S/C25H28N8O3/c26-17-3-5-18(6-4-17)33-25(34)16-9-19(35-21-7-1-14(12-31-21)23(27)28)11-20(10-16)36-22-8-2-15(13-32-22)24(29)30/h1-2,7-13,17-18H,3-6,26H2,(H3,27,28)(H3,29,30)(H,33,34). The predicted octanol–water partition coefficient (Wildman–Crippen LogP) is 2.63. The number of nitrogens with one attached hydrogen (secondary N) is 3. The molecule has 0 spiro atoms. The quantitative estimate of drug-likeness (QED) is 0.205. The maximum Gasteiger partial charge on any atom is 0.251 e. The van der Waals surface area contributed by atoms with Crippen molar-refractivity contribution < 1.29 is 14.3 Å². The lowest BCUT2D eigenvalue weighted by Gasteiger charge is -2.26. The molecule has 0 aliphatic heterocycles. The monoisotopic (exact) mass is 488 g/mol. The van der Waals surface area contributed by atoms with E-state index < -0.39 is 0 Å². The van der Waals surface area contributed by atoms with E-state index in [2.05, 4.69) is 15.3 Å². The highest BCUT2D eigenvalue weighted by molar-refractivity contribution is 5.96. The molecule has 186 valence electrons. The number of nitrogens with two attached hydrogens (primary N) is 3. The number of aromatic nitrogens is 2. The van der Waals surface area contributed by atoms with Crippen LogP contribution in [-0.4, -0.2) is 39.6 Å². The van der Waals surface area contributed by atoms with Gasteiger partial charge in [0.05, 0.1) is 0 Å². The fraction of sp³-hybridized carbons (Fsp3) is 0.240. The number of benzene rings is 1. The maximum absolute atomic E-state index is 13.1. The number of nitrogen functional groups attached to an aromatic ring is 2. The Hall–Kier alpha value is -4.51. The number of carbonyl (C=O) groups excluding carboxylic acids is 1. The molecule has 9 N–H and O–H groups in total. The van der Waals surface area contributed by atoms with Gasteiger partial charge in [-0.25, -0.2) is 9.97 Å². The van der Waals surface area contributed by atoms with E-state index in [9.17, 15) is 4.79 Å². The van der Waals surface area contributed by atoms with Crippen LogP contribution in [-0.2, 0) is 0 Å². The topological polar surface area (TPSA) is 199 Å². The Morgan fingerprint density at radius 1 is 0.806 bits per heavy atom. The summed E-state index contributed by atoms with van der Waals surface area (Å²) in [5.41, 5.74) is 18.2. The van der Waals surface area contributed by atoms with Gasteiger partial charge >= 0.3 is 0 Å². The van der Waals surface area contributed by atoms with Gasteiger partial charge in [0.15, 0.2) is 0 Å². The van der Waals surface area contributed by atoms with Crippen LogP contribution >= 0.6 is 0 Å². The zero-order chi connectivity index (χ0) is 25.7. The van der Waals surface area contributed by atoms with E-state index in [1.165, 1.54) is 12.4 Å². The van der Waals surface area contributed by atoms with Gasteiger partial charge in [-0.05, 0) is 49.9 Å². The van der Waals surface area contributed by atoms with Crippen molar-refractivity contribution in [2.45, 2.75) is 37.8 Å². The summed E-state index contributed by atoms with van der Waals surface area (Å²) in [6.07, 6.45) is 6.25. The van der Waals surface area contributed by atoms with Crippen molar-refractivity contribution in [2.24, 2.45) is 17.2 Å². The summed E-state index contributed by atoms with van der Waals surface area (Å²) >= 11 is 0. The van der Waals surface area contributed by atoms with E-state index >= 15 is 0 Å². The first-order valence-corrected chi connectivity index (χ1v) is 11.4. The minimum absolute atomic E-state index is 0.0489. The first-order valence-electron chi connectivity index (χ1n) is 11.4. The van der Waals surface area contributed by atoms with Gasteiger partial charge in [0.1, 0.15) is 23.2 Å². The highest BCUT2D eigenvalue weighted by Crippen LogP contribution is 2.30. The minimum Gasteiger partial charge on any atom is -0.439 e. The summed E-state index contributed by atoms with van der Waals surface area (Å²) in [6, 6.07) is 11.4. The average Bonchev–Trinajstić information content (AvgIpc) is 2.86. The molecule has 1 aliphatic carbocycles. The predicted molar refractivity (Wildman–Crippen MR) is 135 cm³/mol. The van der Waals surface area contributed by atoms with E-state index in [1.54, 1.807) is 42.5 Å². The van der Waals surface area contributed by atoms with Gasteiger partial charge in [0.2, 0.25) is 11.8 Å². The molecular formula is C25H28N8O3. The van der Waals surface area contributed by atoms with Crippen molar-refractivity contribution in [1.29, 1.82) is 10.8 Å². The molecule has 0 saturated heterocycles. The first-order chi connectivity index (χ1) is 17.3. The number of pyridine rings is 2. The van der Waals surface area contributed by atoms with Gasteiger partial charge in [0, 0.05) is 59.4 Å². The number of ether oxygens (including phenoxy) is 2. The number of hydrogen-bond donors (Lipinski definition) is 6. The Balaban J connectivity index is 1.58. The van der Waals surface area contributed by atoms with Gasteiger partial charge in [-0.3, -0.25) is 15.6 Å². The van der Waals surface area contributed by atoms with Crippen molar-refractivity contribution in [1.82, 2.24) is 15.3 Å². The lowest BCUT2D eigenvalue weighted by Crippen LogP contribution is -2.40. The van der Waals surface area contributed by atoms with Crippen LogP contribution in [0.2, 0.25) is 0 Å². The molecule has 3 aromatic rings. The third kappa shape index (κ3) is 6.33. The van der Waals surface area contributed by atoms with Crippen molar-refractivity contribution in [3.8, 4) is 23.3 Å². The van der Waals surface area contributed by atoms with Crippen LogP contribution in [0.5, 0.6) is 23.3 Å².